The Morgan fingerprint density at radius 1 is 0.671 bits per heavy atom. The molecule has 4 aromatic carbocycles. The van der Waals surface area contributed by atoms with E-state index < -0.39 is 0 Å². The van der Waals surface area contributed by atoms with Crippen LogP contribution in [0.3, 0.4) is 0 Å². The predicted octanol–water partition coefficient (Wildman–Crippen LogP) is 14.2. The fourth-order valence-corrected chi connectivity index (χ4v) is 14.3. The summed E-state index contributed by atoms with van der Waals surface area (Å²) >= 11 is 0. The highest BCUT2D eigenvalue weighted by atomic mass is 15.4. The molecule has 5 aliphatic carbocycles. The van der Waals surface area contributed by atoms with E-state index in [1.807, 2.05) is 0 Å². The van der Waals surface area contributed by atoms with Crippen molar-refractivity contribution in [2.45, 2.75) is 141 Å². The highest BCUT2D eigenvalue weighted by Gasteiger charge is 2.48. The molecule has 13 rings (SSSR count). The van der Waals surface area contributed by atoms with Gasteiger partial charge in [0.05, 0.1) is 41.7 Å². The largest absolute Gasteiger partial charge is 0.361 e. The van der Waals surface area contributed by atoms with Crippen molar-refractivity contribution in [1.82, 2.24) is 25.1 Å². The highest BCUT2D eigenvalue weighted by Crippen LogP contribution is 2.53. The third-order valence-electron chi connectivity index (χ3n) is 18.0. The molecular formula is C66H71N7. The molecule has 0 spiro atoms. The molecule has 8 unspecified atom stereocenters. The molecule has 4 heterocycles. The number of anilines is 1. The molecule has 0 radical (unpaired) electrons. The fourth-order valence-electron chi connectivity index (χ4n) is 14.3. The summed E-state index contributed by atoms with van der Waals surface area (Å²) in [5, 5.41) is 26.6. The Labute approximate surface area is 432 Å². The number of hydrogen-bond acceptors (Lipinski definition) is 5. The summed E-state index contributed by atoms with van der Waals surface area (Å²) in [6, 6.07) is 42.0. The third kappa shape index (κ3) is 7.86. The van der Waals surface area contributed by atoms with Crippen LogP contribution in [0.25, 0.3) is 39.7 Å². The number of aromatic nitrogens is 2. The second kappa shape index (κ2) is 17.9. The van der Waals surface area contributed by atoms with E-state index in [1.54, 1.807) is 5.57 Å². The maximum Gasteiger partial charge on any atom is 0.101 e. The van der Waals surface area contributed by atoms with Gasteiger partial charge in [-0.2, -0.15) is 5.26 Å². The first-order valence-corrected chi connectivity index (χ1v) is 27.5. The van der Waals surface area contributed by atoms with Gasteiger partial charge in [-0.15, -0.1) is 0 Å². The Morgan fingerprint density at radius 3 is 2.21 bits per heavy atom. The van der Waals surface area contributed by atoms with Crippen molar-refractivity contribution in [3.63, 3.8) is 0 Å². The monoisotopic (exact) mass is 962 g/mol. The van der Waals surface area contributed by atoms with Gasteiger partial charge in [0.2, 0.25) is 0 Å². The summed E-state index contributed by atoms with van der Waals surface area (Å²) in [5.74, 6) is 0.779. The van der Waals surface area contributed by atoms with Gasteiger partial charge >= 0.3 is 0 Å². The van der Waals surface area contributed by atoms with Crippen LogP contribution in [-0.4, -0.2) is 33.5 Å². The van der Waals surface area contributed by atoms with Crippen molar-refractivity contribution >= 4 is 45.3 Å². The van der Waals surface area contributed by atoms with Gasteiger partial charge in [-0.3, -0.25) is 16.0 Å². The lowest BCUT2D eigenvalue weighted by atomic mass is 9.79. The molecule has 2 saturated heterocycles. The topological polar surface area (TPSA) is 73.0 Å². The molecule has 8 atom stereocenters. The van der Waals surface area contributed by atoms with Crippen LogP contribution < -0.4 is 20.9 Å². The lowest BCUT2D eigenvalue weighted by molar-refractivity contribution is 0.180. The summed E-state index contributed by atoms with van der Waals surface area (Å²) in [5.41, 5.74) is 18.0. The predicted molar refractivity (Wildman–Crippen MR) is 302 cm³/mol. The van der Waals surface area contributed by atoms with E-state index in [9.17, 15) is 5.26 Å². The average Bonchev–Trinajstić information content (AvgIpc) is 4.04. The number of para-hydroxylation sites is 2. The maximum absolute atomic E-state index is 11.7. The maximum atomic E-state index is 11.7. The van der Waals surface area contributed by atoms with E-state index in [0.29, 0.717) is 24.4 Å². The van der Waals surface area contributed by atoms with Gasteiger partial charge in [0, 0.05) is 68.9 Å². The minimum atomic E-state index is -0.235. The Hall–Kier alpha value is -6.43. The molecule has 2 aliphatic heterocycles. The summed E-state index contributed by atoms with van der Waals surface area (Å²) in [4.78, 5) is 2.80. The number of allylic oxidation sites excluding steroid dienone is 7. The van der Waals surface area contributed by atoms with Crippen LogP contribution >= 0.6 is 0 Å². The number of hydrogen-bond donors (Lipinski definition) is 3. The summed E-state index contributed by atoms with van der Waals surface area (Å²) in [6.45, 7) is 14.1. The van der Waals surface area contributed by atoms with Crippen LogP contribution in [0.1, 0.15) is 132 Å². The van der Waals surface area contributed by atoms with Crippen molar-refractivity contribution < 1.29 is 0 Å². The van der Waals surface area contributed by atoms with E-state index in [1.165, 1.54) is 98.0 Å². The van der Waals surface area contributed by atoms with E-state index in [4.69, 9.17) is 0 Å². The van der Waals surface area contributed by atoms with Gasteiger partial charge < -0.3 is 14.0 Å². The number of nitrogens with one attached hydrogen (secondary N) is 3. The molecule has 6 aromatic rings. The lowest BCUT2D eigenvalue weighted by Crippen LogP contribution is -2.66. The zero-order chi connectivity index (χ0) is 49.8. The molecule has 0 bridgehead atoms. The van der Waals surface area contributed by atoms with Crippen LogP contribution in [0.5, 0.6) is 0 Å². The summed E-state index contributed by atoms with van der Waals surface area (Å²) in [7, 11) is 0. The number of fused-ring (bicyclic) bond motifs is 9. The van der Waals surface area contributed by atoms with Gasteiger partial charge in [0.25, 0.3) is 0 Å². The highest BCUT2D eigenvalue weighted by molar-refractivity contribution is 5.96. The molecule has 7 nitrogen and oxygen atoms in total. The van der Waals surface area contributed by atoms with Crippen LogP contribution in [0.15, 0.2) is 156 Å². The van der Waals surface area contributed by atoms with E-state index in [2.05, 4.69) is 223 Å². The first-order valence-electron chi connectivity index (χ1n) is 27.5. The third-order valence-corrected chi connectivity index (χ3v) is 18.0. The number of nitrogens with zero attached hydrogens (tertiary/aromatic N) is 4. The summed E-state index contributed by atoms with van der Waals surface area (Å²) in [6.07, 6.45) is 25.7. The SMILES string of the molecule is CC(C)(C)C1=Cc2c(n(C3CC(n4c5c(c6ccccc64)CC4C(=C5)C5CCCCC5N4c4ccccc4)=C(C#N)C=C3C3NC(c4ccccc4)NC(C4C=CC=CC4)N3)c3ccc(C(C)(C)C)cc23)CC1. The first-order chi connectivity index (χ1) is 35.4. The van der Waals surface area contributed by atoms with Crippen molar-refractivity contribution in [3.8, 4) is 6.07 Å². The van der Waals surface area contributed by atoms with Gasteiger partial charge in [0.1, 0.15) is 6.07 Å². The van der Waals surface area contributed by atoms with Crippen molar-refractivity contribution in [2.24, 2.45) is 17.3 Å². The molecule has 7 heteroatoms. The number of benzene rings is 4. The Kier molecular flexibility index (Phi) is 11.4. The Morgan fingerprint density at radius 2 is 1.44 bits per heavy atom. The standard InChI is InChI=1S/C66H71N7/c1-65(2,3)44-30-32-56-49(35-44)50-36-45(66(4,5)6)31-33-57(50)72(56)61-39-58(43(40-67)34-53(61)64-69-62(41-20-10-7-11-21-41)68-63(70-64)42-22-12-8-13-23-42)73-55-29-19-17-27-48(55)52-37-59-51(38-60(52)73)47-26-16-18-28-54(47)71(59)46-24-14-9-15-25-46/h7-15,17,19-22,24-25,27,29-30,32,34-36,38,42,47,54,59,61-64,68-70H,16,18,23,26,28,31,33,37,39H2,1-6H3. The zero-order valence-electron chi connectivity index (χ0n) is 43.6. The quantitative estimate of drug-likeness (QED) is 0.155. The zero-order valence-corrected chi connectivity index (χ0v) is 43.6. The number of nitriles is 1. The smallest absolute Gasteiger partial charge is 0.101 e. The van der Waals surface area contributed by atoms with Crippen molar-refractivity contribution in [1.29, 1.82) is 5.26 Å². The molecule has 3 fully saturated rings. The van der Waals surface area contributed by atoms with E-state index in [-0.39, 0.29) is 41.3 Å². The molecule has 73 heavy (non-hydrogen) atoms. The minimum absolute atomic E-state index is 0.00769. The molecule has 3 N–H and O–H groups in total. The summed E-state index contributed by atoms with van der Waals surface area (Å²) < 4.78 is 5.30. The lowest BCUT2D eigenvalue weighted by Gasteiger charge is -2.45. The molecule has 7 aliphatic rings. The van der Waals surface area contributed by atoms with Gasteiger partial charge in [-0.1, -0.05) is 163 Å². The normalized spacial score (nSPS) is 27.0. The molecular weight excluding hydrogens is 891 g/mol. The van der Waals surface area contributed by atoms with Crippen LogP contribution in [0.2, 0.25) is 0 Å². The van der Waals surface area contributed by atoms with Crippen LogP contribution in [0.4, 0.5) is 5.69 Å². The Balaban J connectivity index is 1.03. The van der Waals surface area contributed by atoms with Crippen LogP contribution in [0, 0.1) is 28.6 Å². The second-order valence-corrected chi connectivity index (χ2v) is 24.2. The van der Waals surface area contributed by atoms with Crippen molar-refractivity contribution in [3.05, 3.63) is 189 Å². The minimum Gasteiger partial charge on any atom is -0.361 e. The fraction of sp³-hybridized carbons (Fsp3) is 0.379. The molecule has 370 valence electrons. The van der Waals surface area contributed by atoms with Gasteiger partial charge in [-0.05, 0) is 120 Å². The molecule has 2 aromatic heterocycles. The second-order valence-electron chi connectivity index (χ2n) is 24.2. The average molecular weight is 962 g/mol. The van der Waals surface area contributed by atoms with E-state index >= 15 is 0 Å². The van der Waals surface area contributed by atoms with Gasteiger partial charge in [-0.25, -0.2) is 0 Å². The molecule has 1 saturated carbocycles. The first kappa shape index (κ1) is 46.4. The molecule has 0 amide bonds. The van der Waals surface area contributed by atoms with Crippen molar-refractivity contribution in [2.75, 3.05) is 4.90 Å². The van der Waals surface area contributed by atoms with Gasteiger partial charge in [0.15, 0.2) is 0 Å². The Bertz CT molecular complexity index is 3390. The van der Waals surface area contributed by atoms with Crippen LogP contribution in [-0.2, 0) is 18.3 Å². The van der Waals surface area contributed by atoms with E-state index in [0.717, 1.165) is 37.0 Å². The number of rotatable bonds is 6.